The van der Waals surface area contributed by atoms with Crippen molar-refractivity contribution in [3.8, 4) is 0 Å². The summed E-state index contributed by atoms with van der Waals surface area (Å²) in [5.74, 6) is -0.913. The summed E-state index contributed by atoms with van der Waals surface area (Å²) in [6, 6.07) is 6.51. The van der Waals surface area contributed by atoms with Gasteiger partial charge < -0.3 is 19.8 Å². The molecule has 3 atom stereocenters. The molecule has 0 spiro atoms. The van der Waals surface area contributed by atoms with Gasteiger partial charge in [0, 0.05) is 24.7 Å². The fourth-order valence-electron chi connectivity index (χ4n) is 3.50. The molecular weight excluding hydrogens is 505 g/mol. The zero-order valence-electron chi connectivity index (χ0n) is 18.8. The monoisotopic (exact) mass is 531 g/mol. The highest BCUT2D eigenvalue weighted by Gasteiger charge is 2.33. The van der Waals surface area contributed by atoms with Crippen molar-refractivity contribution in [2.24, 2.45) is 5.92 Å². The van der Waals surface area contributed by atoms with Gasteiger partial charge in [0.2, 0.25) is 15.9 Å². The molecule has 1 aromatic carbocycles. The second kappa shape index (κ2) is 11.5. The summed E-state index contributed by atoms with van der Waals surface area (Å²) in [7, 11) is -3.87. The van der Waals surface area contributed by atoms with Gasteiger partial charge in [0.15, 0.2) is 5.76 Å². The van der Waals surface area contributed by atoms with Crippen LogP contribution in [0, 0.1) is 5.92 Å². The number of nitrogens with one attached hydrogen (secondary N) is 2. The number of morpholine rings is 1. The molecule has 34 heavy (non-hydrogen) atoms. The van der Waals surface area contributed by atoms with E-state index in [1.165, 1.54) is 34.8 Å². The van der Waals surface area contributed by atoms with Crippen molar-refractivity contribution < 1.29 is 27.2 Å². The summed E-state index contributed by atoms with van der Waals surface area (Å²) in [6.45, 7) is 4.19. The fraction of sp³-hybridized carbons (Fsp3) is 0.455. The van der Waals surface area contributed by atoms with Crippen LogP contribution < -0.4 is 10.6 Å². The number of rotatable bonds is 9. The van der Waals surface area contributed by atoms with Gasteiger partial charge in [0.05, 0.1) is 24.0 Å². The lowest BCUT2D eigenvalue weighted by atomic mass is 9.98. The Hall–Kier alpha value is -2.11. The van der Waals surface area contributed by atoms with Crippen molar-refractivity contribution >= 4 is 45.0 Å². The second-order valence-electron chi connectivity index (χ2n) is 7.99. The Morgan fingerprint density at radius 3 is 2.68 bits per heavy atom. The lowest BCUT2D eigenvalue weighted by Gasteiger charge is -2.33. The van der Waals surface area contributed by atoms with Crippen LogP contribution in [-0.2, 0) is 19.6 Å². The standard InChI is InChI=1S/C22H27Cl2N3O6S/c1-3-14(2)20(26-21(28)18-5-4-9-33-18)22(29)25-12-16-13-27(8-10-32-16)34(30,31)19-7-6-15(23)11-17(19)24/h4-7,9,11,14,16,20H,3,8,10,12-13H2,1-2H3,(H,25,29)(H,26,28)/t14?,16?,20-/m0/s1. The maximum atomic E-state index is 13.1. The van der Waals surface area contributed by atoms with E-state index in [4.69, 9.17) is 32.4 Å². The first kappa shape index (κ1) is 26.5. The van der Waals surface area contributed by atoms with Gasteiger partial charge in [-0.3, -0.25) is 9.59 Å². The number of halogens is 2. The topological polar surface area (TPSA) is 118 Å². The first-order valence-electron chi connectivity index (χ1n) is 10.8. The van der Waals surface area contributed by atoms with Gasteiger partial charge in [-0.2, -0.15) is 4.31 Å². The van der Waals surface area contributed by atoms with Crippen LogP contribution in [0.5, 0.6) is 0 Å². The zero-order chi connectivity index (χ0) is 24.9. The Morgan fingerprint density at radius 1 is 1.26 bits per heavy atom. The van der Waals surface area contributed by atoms with E-state index in [0.29, 0.717) is 11.4 Å². The lowest BCUT2D eigenvalue weighted by Crippen LogP contribution is -2.54. The number of carbonyl (C=O) groups is 2. The van der Waals surface area contributed by atoms with Crippen LogP contribution in [0.1, 0.15) is 30.8 Å². The first-order valence-corrected chi connectivity index (χ1v) is 13.0. The molecule has 0 bridgehead atoms. The maximum absolute atomic E-state index is 13.1. The molecule has 2 amide bonds. The van der Waals surface area contributed by atoms with E-state index < -0.39 is 34.0 Å². The van der Waals surface area contributed by atoms with Gasteiger partial charge in [-0.05, 0) is 36.2 Å². The Balaban J connectivity index is 1.63. The van der Waals surface area contributed by atoms with Crippen LogP contribution in [0.3, 0.4) is 0 Å². The molecule has 1 aliphatic heterocycles. The number of nitrogens with zero attached hydrogens (tertiary/aromatic N) is 1. The van der Waals surface area contributed by atoms with Crippen LogP contribution in [-0.4, -0.2) is 62.9 Å². The third kappa shape index (κ3) is 6.31. The molecule has 2 heterocycles. The molecule has 1 aliphatic rings. The molecule has 0 saturated carbocycles. The SMILES string of the molecule is CCC(C)[C@H](NC(=O)c1ccco1)C(=O)NCC1CN(S(=O)(=O)c2ccc(Cl)cc2Cl)CCO1. The van der Waals surface area contributed by atoms with Crippen LogP contribution in [0.15, 0.2) is 45.9 Å². The highest BCUT2D eigenvalue weighted by molar-refractivity contribution is 7.89. The van der Waals surface area contributed by atoms with Gasteiger partial charge >= 0.3 is 0 Å². The normalized spacial score (nSPS) is 18.8. The third-order valence-corrected chi connectivity index (χ3v) is 8.23. The molecule has 9 nitrogen and oxygen atoms in total. The number of ether oxygens (including phenoxy) is 1. The summed E-state index contributed by atoms with van der Waals surface area (Å²) >= 11 is 12.0. The van der Waals surface area contributed by atoms with Crippen LogP contribution in [0.25, 0.3) is 0 Å². The molecule has 2 unspecified atom stereocenters. The minimum atomic E-state index is -3.87. The Kier molecular flexibility index (Phi) is 9.00. The predicted octanol–water partition coefficient (Wildman–Crippen LogP) is 2.94. The number of hydrogen-bond acceptors (Lipinski definition) is 6. The number of hydrogen-bond donors (Lipinski definition) is 2. The molecule has 0 radical (unpaired) electrons. The molecular formula is C22H27Cl2N3O6S. The minimum absolute atomic E-state index is 0.0348. The number of benzene rings is 1. The van der Waals surface area contributed by atoms with E-state index >= 15 is 0 Å². The van der Waals surface area contributed by atoms with Crippen LogP contribution in [0.4, 0.5) is 0 Å². The third-order valence-electron chi connectivity index (χ3n) is 5.64. The molecule has 186 valence electrons. The molecule has 1 aromatic heterocycles. The quantitative estimate of drug-likeness (QED) is 0.513. The van der Waals surface area contributed by atoms with Gasteiger partial charge in [-0.25, -0.2) is 8.42 Å². The Labute approximate surface area is 208 Å². The summed E-state index contributed by atoms with van der Waals surface area (Å²) in [6.07, 6.45) is 1.46. The van der Waals surface area contributed by atoms with Crippen molar-refractivity contribution in [2.75, 3.05) is 26.2 Å². The number of carbonyl (C=O) groups excluding carboxylic acids is 2. The van der Waals surface area contributed by atoms with Crippen molar-refractivity contribution in [2.45, 2.75) is 37.3 Å². The van der Waals surface area contributed by atoms with Crippen molar-refractivity contribution in [3.63, 3.8) is 0 Å². The molecule has 12 heteroatoms. The number of furan rings is 1. The molecule has 1 saturated heterocycles. The largest absolute Gasteiger partial charge is 0.459 e. The molecule has 1 fully saturated rings. The summed E-state index contributed by atoms with van der Waals surface area (Å²) in [5, 5.41) is 5.85. The van der Waals surface area contributed by atoms with E-state index in [0.717, 1.165) is 0 Å². The summed E-state index contributed by atoms with van der Waals surface area (Å²) < 4.78 is 38.2. The van der Waals surface area contributed by atoms with Crippen molar-refractivity contribution in [1.29, 1.82) is 0 Å². The van der Waals surface area contributed by atoms with Gasteiger partial charge in [0.1, 0.15) is 10.9 Å². The smallest absolute Gasteiger partial charge is 0.287 e. The van der Waals surface area contributed by atoms with Crippen LogP contribution in [0.2, 0.25) is 10.0 Å². The summed E-state index contributed by atoms with van der Waals surface area (Å²) in [4.78, 5) is 25.2. The first-order chi connectivity index (χ1) is 16.1. The Bertz CT molecular complexity index is 1110. The van der Waals surface area contributed by atoms with Gasteiger partial charge in [-0.1, -0.05) is 43.5 Å². The van der Waals surface area contributed by atoms with Crippen LogP contribution >= 0.6 is 23.2 Å². The lowest BCUT2D eigenvalue weighted by molar-refractivity contribution is -0.125. The minimum Gasteiger partial charge on any atom is -0.459 e. The molecule has 2 N–H and O–H groups in total. The molecule has 3 rings (SSSR count). The van der Waals surface area contributed by atoms with E-state index in [1.54, 1.807) is 6.07 Å². The summed E-state index contributed by atoms with van der Waals surface area (Å²) in [5.41, 5.74) is 0. The average Bonchev–Trinajstić information content (AvgIpc) is 3.35. The van der Waals surface area contributed by atoms with Gasteiger partial charge in [-0.15, -0.1) is 0 Å². The fourth-order valence-corrected chi connectivity index (χ4v) is 5.71. The van der Waals surface area contributed by atoms with E-state index in [9.17, 15) is 18.0 Å². The number of amides is 2. The molecule has 2 aromatic rings. The highest BCUT2D eigenvalue weighted by atomic mass is 35.5. The second-order valence-corrected chi connectivity index (χ2v) is 10.7. The average molecular weight is 532 g/mol. The van der Waals surface area contributed by atoms with E-state index in [-0.39, 0.29) is 47.8 Å². The van der Waals surface area contributed by atoms with E-state index in [1.807, 2.05) is 13.8 Å². The number of sulfonamides is 1. The Morgan fingerprint density at radius 2 is 2.03 bits per heavy atom. The highest BCUT2D eigenvalue weighted by Crippen LogP contribution is 2.28. The van der Waals surface area contributed by atoms with Crippen molar-refractivity contribution in [1.82, 2.24) is 14.9 Å². The molecule has 0 aliphatic carbocycles. The zero-order valence-corrected chi connectivity index (χ0v) is 21.1. The van der Waals surface area contributed by atoms with Crippen molar-refractivity contribution in [3.05, 3.63) is 52.4 Å². The van der Waals surface area contributed by atoms with Gasteiger partial charge in [0.25, 0.3) is 5.91 Å². The predicted molar refractivity (Wildman–Crippen MR) is 127 cm³/mol. The van der Waals surface area contributed by atoms with E-state index in [2.05, 4.69) is 10.6 Å². The maximum Gasteiger partial charge on any atom is 0.287 e.